The lowest BCUT2D eigenvalue weighted by Crippen LogP contribution is -2.23. The fourth-order valence-electron chi connectivity index (χ4n) is 0.878. The molecular formula is C8H10N2O2. The summed E-state index contributed by atoms with van der Waals surface area (Å²) in [5.41, 5.74) is 5.91. The molecule has 64 valence electrons. The van der Waals surface area contributed by atoms with Crippen molar-refractivity contribution in [2.24, 2.45) is 5.73 Å². The Morgan fingerprint density at radius 3 is 2.58 bits per heavy atom. The van der Waals surface area contributed by atoms with Crippen LogP contribution in [0.1, 0.15) is 12.0 Å². The highest BCUT2D eigenvalue weighted by Crippen LogP contribution is 1.98. The summed E-state index contributed by atoms with van der Waals surface area (Å²) in [7, 11) is 0. The lowest BCUT2D eigenvalue weighted by molar-refractivity contribution is -0.605. The molecule has 0 aliphatic heterocycles. The van der Waals surface area contributed by atoms with Crippen LogP contribution >= 0.6 is 0 Å². The molecule has 4 nitrogen and oxygen atoms in total. The lowest BCUT2D eigenvalue weighted by Gasteiger charge is -1.98. The van der Waals surface area contributed by atoms with E-state index in [1.807, 2.05) is 0 Å². The van der Waals surface area contributed by atoms with Crippen LogP contribution in [0.3, 0.4) is 0 Å². The topological polar surface area (TPSA) is 70.0 Å². The molecule has 0 aliphatic rings. The highest BCUT2D eigenvalue weighted by Gasteiger charge is 1.97. The number of hydrogen-bond acceptors (Lipinski definition) is 2. The van der Waals surface area contributed by atoms with Crippen molar-refractivity contribution in [3.8, 4) is 0 Å². The first-order chi connectivity index (χ1) is 5.68. The molecule has 1 aromatic rings. The number of nitrogens with two attached hydrogens (primary N) is 1. The van der Waals surface area contributed by atoms with Crippen LogP contribution in [0.5, 0.6) is 0 Å². The lowest BCUT2D eigenvalue weighted by atomic mass is 10.1. The van der Waals surface area contributed by atoms with Gasteiger partial charge in [0, 0.05) is 18.6 Å². The molecule has 0 aromatic carbocycles. The Morgan fingerprint density at radius 1 is 1.50 bits per heavy atom. The van der Waals surface area contributed by atoms with Gasteiger partial charge in [-0.25, -0.2) is 0 Å². The standard InChI is InChI=1S/C8H10N2O2/c9-8(11)2-1-7-3-5-10(12)6-4-7/h3-6H,1-2H2,(H2,9,11). The summed E-state index contributed by atoms with van der Waals surface area (Å²) in [6.45, 7) is 0. The van der Waals surface area contributed by atoms with Crippen molar-refractivity contribution in [3.63, 3.8) is 0 Å². The van der Waals surface area contributed by atoms with E-state index >= 15 is 0 Å². The quantitative estimate of drug-likeness (QED) is 0.496. The predicted octanol–water partition coefficient (Wildman–Crippen LogP) is -0.262. The van der Waals surface area contributed by atoms with E-state index in [-0.39, 0.29) is 5.91 Å². The van der Waals surface area contributed by atoms with Gasteiger partial charge in [0.1, 0.15) is 0 Å². The third-order valence-electron chi connectivity index (χ3n) is 1.53. The summed E-state index contributed by atoms with van der Waals surface area (Å²) in [6.07, 6.45) is 3.71. The minimum Gasteiger partial charge on any atom is -0.619 e. The van der Waals surface area contributed by atoms with E-state index in [0.717, 1.165) is 5.56 Å². The normalized spacial score (nSPS) is 9.67. The van der Waals surface area contributed by atoms with Gasteiger partial charge < -0.3 is 10.9 Å². The molecule has 0 atom stereocenters. The number of amides is 1. The van der Waals surface area contributed by atoms with Crippen LogP contribution in [-0.4, -0.2) is 5.91 Å². The Kier molecular flexibility index (Phi) is 2.63. The number of aryl methyl sites for hydroxylation is 1. The van der Waals surface area contributed by atoms with Gasteiger partial charge in [-0.15, -0.1) is 0 Å². The molecule has 1 rings (SSSR count). The van der Waals surface area contributed by atoms with Crippen molar-refractivity contribution in [2.75, 3.05) is 0 Å². The van der Waals surface area contributed by atoms with Crippen molar-refractivity contribution in [2.45, 2.75) is 12.8 Å². The van der Waals surface area contributed by atoms with Crippen LogP contribution in [0.25, 0.3) is 0 Å². The summed E-state index contributed by atoms with van der Waals surface area (Å²) in [4.78, 5) is 10.4. The van der Waals surface area contributed by atoms with Gasteiger partial charge in [0.25, 0.3) is 0 Å². The number of hydrogen-bond donors (Lipinski definition) is 1. The van der Waals surface area contributed by atoms with Gasteiger partial charge in [-0.1, -0.05) is 0 Å². The van der Waals surface area contributed by atoms with Crippen LogP contribution < -0.4 is 10.5 Å². The molecule has 0 spiro atoms. The molecule has 12 heavy (non-hydrogen) atoms. The third kappa shape index (κ3) is 2.57. The van der Waals surface area contributed by atoms with E-state index in [0.29, 0.717) is 17.6 Å². The van der Waals surface area contributed by atoms with Crippen LogP contribution in [0.4, 0.5) is 0 Å². The number of primary amides is 1. The van der Waals surface area contributed by atoms with Crippen molar-refractivity contribution < 1.29 is 9.52 Å². The molecule has 0 saturated carbocycles. The van der Waals surface area contributed by atoms with Gasteiger partial charge >= 0.3 is 0 Å². The Hall–Kier alpha value is -1.58. The third-order valence-corrected chi connectivity index (χ3v) is 1.53. The summed E-state index contributed by atoms with van der Waals surface area (Å²) in [5.74, 6) is -0.325. The zero-order valence-electron chi connectivity index (χ0n) is 6.56. The van der Waals surface area contributed by atoms with E-state index in [9.17, 15) is 10.0 Å². The minimum absolute atomic E-state index is 0.322. The van der Waals surface area contributed by atoms with Gasteiger partial charge in [0.15, 0.2) is 12.4 Å². The highest BCUT2D eigenvalue weighted by atomic mass is 16.5. The molecule has 0 saturated heterocycles. The SMILES string of the molecule is NC(=O)CCc1cc[n+]([O-])cc1. The van der Waals surface area contributed by atoms with Crippen molar-refractivity contribution in [1.82, 2.24) is 0 Å². The first-order valence-corrected chi connectivity index (χ1v) is 3.64. The maximum atomic E-state index is 10.6. The molecular weight excluding hydrogens is 156 g/mol. The first kappa shape index (κ1) is 8.52. The predicted molar refractivity (Wildman–Crippen MR) is 42.9 cm³/mol. The van der Waals surface area contributed by atoms with E-state index in [1.54, 1.807) is 12.1 Å². The van der Waals surface area contributed by atoms with Crippen LogP contribution in [0.2, 0.25) is 0 Å². The van der Waals surface area contributed by atoms with Gasteiger partial charge in [-0.3, -0.25) is 4.79 Å². The van der Waals surface area contributed by atoms with Gasteiger partial charge in [0.2, 0.25) is 5.91 Å². The highest BCUT2D eigenvalue weighted by molar-refractivity contribution is 5.73. The molecule has 1 amide bonds. The van der Waals surface area contributed by atoms with E-state index in [4.69, 9.17) is 5.73 Å². The molecule has 4 heteroatoms. The summed E-state index contributed by atoms with van der Waals surface area (Å²) < 4.78 is 0.702. The number of carbonyl (C=O) groups is 1. The number of rotatable bonds is 3. The number of nitrogens with zero attached hydrogens (tertiary/aromatic N) is 1. The molecule has 0 radical (unpaired) electrons. The van der Waals surface area contributed by atoms with Gasteiger partial charge in [0.05, 0.1) is 0 Å². The van der Waals surface area contributed by atoms with Gasteiger partial charge in [-0.05, 0) is 12.0 Å². The molecule has 0 unspecified atom stereocenters. The van der Waals surface area contributed by atoms with Gasteiger partial charge in [-0.2, -0.15) is 4.73 Å². The van der Waals surface area contributed by atoms with Crippen LogP contribution in [-0.2, 0) is 11.2 Å². The fraction of sp³-hybridized carbons (Fsp3) is 0.250. The second kappa shape index (κ2) is 3.71. The molecule has 1 aromatic heterocycles. The van der Waals surface area contributed by atoms with Crippen molar-refractivity contribution >= 4 is 5.91 Å². The zero-order chi connectivity index (χ0) is 8.97. The number of carbonyl (C=O) groups excluding carboxylic acids is 1. The van der Waals surface area contributed by atoms with E-state index < -0.39 is 0 Å². The second-order valence-electron chi connectivity index (χ2n) is 2.53. The van der Waals surface area contributed by atoms with Crippen molar-refractivity contribution in [3.05, 3.63) is 35.3 Å². The second-order valence-corrected chi connectivity index (χ2v) is 2.53. The molecule has 1 heterocycles. The fourth-order valence-corrected chi connectivity index (χ4v) is 0.878. The maximum absolute atomic E-state index is 10.6. The first-order valence-electron chi connectivity index (χ1n) is 3.64. The Labute approximate surface area is 70.2 Å². The molecule has 0 bridgehead atoms. The largest absolute Gasteiger partial charge is 0.619 e. The summed E-state index contributed by atoms with van der Waals surface area (Å²) in [6, 6.07) is 3.35. The number of pyridine rings is 1. The smallest absolute Gasteiger partial charge is 0.217 e. The average molecular weight is 166 g/mol. The van der Waals surface area contributed by atoms with Crippen LogP contribution in [0, 0.1) is 5.21 Å². The Bertz CT molecular complexity index is 269. The Balaban J connectivity index is 2.53. The molecule has 0 aliphatic carbocycles. The monoisotopic (exact) mass is 166 g/mol. The maximum Gasteiger partial charge on any atom is 0.217 e. The Morgan fingerprint density at radius 2 is 2.08 bits per heavy atom. The summed E-state index contributed by atoms with van der Waals surface area (Å²) >= 11 is 0. The van der Waals surface area contributed by atoms with Crippen LogP contribution in [0.15, 0.2) is 24.5 Å². The van der Waals surface area contributed by atoms with E-state index in [2.05, 4.69) is 0 Å². The average Bonchev–Trinajstić information content (AvgIpc) is 2.03. The molecule has 0 fully saturated rings. The number of aromatic nitrogens is 1. The zero-order valence-corrected chi connectivity index (χ0v) is 6.56. The van der Waals surface area contributed by atoms with Crippen molar-refractivity contribution in [1.29, 1.82) is 0 Å². The van der Waals surface area contributed by atoms with E-state index in [1.165, 1.54) is 12.4 Å². The molecule has 2 N–H and O–H groups in total. The minimum atomic E-state index is -0.325. The summed E-state index contributed by atoms with van der Waals surface area (Å²) in [5, 5.41) is 10.6.